The molecule has 1 aliphatic heterocycles. The molecule has 0 bridgehead atoms. The summed E-state index contributed by atoms with van der Waals surface area (Å²) in [6, 6.07) is 45.7. The average Bonchev–Trinajstić information content (AvgIpc) is 3.44. The molecule has 7 aromatic carbocycles. The van der Waals surface area contributed by atoms with Crippen molar-refractivity contribution in [2.75, 3.05) is 0 Å². The van der Waals surface area contributed by atoms with Gasteiger partial charge in [0.05, 0.1) is 11.2 Å². The van der Waals surface area contributed by atoms with Crippen molar-refractivity contribution in [2.24, 2.45) is 0 Å². The van der Waals surface area contributed by atoms with Crippen molar-refractivity contribution in [3.05, 3.63) is 133 Å². The largest absolute Gasteiger partial charge is 0.453 e. The second kappa shape index (κ2) is 8.79. The lowest BCUT2D eigenvalue weighted by Crippen LogP contribution is -2.07. The minimum Gasteiger partial charge on any atom is -0.453 e. The lowest BCUT2D eigenvalue weighted by molar-refractivity contribution is 0.474. The number of rotatable bonds is 3. The van der Waals surface area contributed by atoms with Gasteiger partial charge in [-0.2, -0.15) is 0 Å². The molecular formula is C39H26N2O. The van der Waals surface area contributed by atoms with Crippen LogP contribution < -0.4 is 4.74 Å². The van der Waals surface area contributed by atoms with Crippen molar-refractivity contribution >= 4 is 43.4 Å². The maximum atomic E-state index is 6.43. The summed E-state index contributed by atoms with van der Waals surface area (Å²) < 4.78 is 8.72. The van der Waals surface area contributed by atoms with E-state index in [1.54, 1.807) is 0 Å². The quantitative estimate of drug-likeness (QED) is 0.209. The van der Waals surface area contributed by atoms with Crippen molar-refractivity contribution in [1.29, 1.82) is 0 Å². The number of fused-ring (bicyclic) bond motifs is 5. The molecule has 9 rings (SSSR count). The smallest absolute Gasteiger partial charge is 0.153 e. The highest BCUT2D eigenvalue weighted by molar-refractivity contribution is 6.23. The topological polar surface area (TPSA) is 27.1 Å². The molecule has 0 saturated heterocycles. The lowest BCUT2D eigenvalue weighted by atomic mass is 9.84. The number of aryl methyl sites for hydroxylation is 1. The number of imidazole rings is 1. The van der Waals surface area contributed by atoms with Crippen LogP contribution in [-0.2, 0) is 6.42 Å². The molecule has 1 aliphatic rings. The van der Waals surface area contributed by atoms with E-state index in [-0.39, 0.29) is 0 Å². The van der Waals surface area contributed by atoms with E-state index >= 15 is 0 Å². The maximum Gasteiger partial charge on any atom is 0.153 e. The van der Waals surface area contributed by atoms with E-state index in [1.165, 1.54) is 49.0 Å². The van der Waals surface area contributed by atoms with Gasteiger partial charge in [0.25, 0.3) is 0 Å². The van der Waals surface area contributed by atoms with Crippen LogP contribution in [0.3, 0.4) is 0 Å². The normalized spacial score (nSPS) is 12.2. The van der Waals surface area contributed by atoms with Gasteiger partial charge in [0.1, 0.15) is 11.3 Å². The Morgan fingerprint density at radius 1 is 0.595 bits per heavy atom. The van der Waals surface area contributed by atoms with Gasteiger partial charge in [-0.05, 0) is 78.8 Å². The van der Waals surface area contributed by atoms with Crippen molar-refractivity contribution in [3.8, 4) is 39.4 Å². The third-order valence-corrected chi connectivity index (χ3v) is 8.72. The Labute approximate surface area is 243 Å². The zero-order chi connectivity index (χ0) is 27.8. The summed E-state index contributed by atoms with van der Waals surface area (Å²) >= 11 is 0. The monoisotopic (exact) mass is 538 g/mol. The van der Waals surface area contributed by atoms with Crippen LogP contribution >= 0.6 is 0 Å². The average molecular weight is 539 g/mol. The molecule has 2 heterocycles. The van der Waals surface area contributed by atoms with E-state index in [1.807, 2.05) is 12.1 Å². The first-order valence-electron chi connectivity index (χ1n) is 14.5. The SMILES string of the molecule is CCc1nc2cccc3c2n1-c1cc(-c2c4ccccc4c(-c4cccc5ccccc45)c4ccccc24)ccc1O3. The summed E-state index contributed by atoms with van der Waals surface area (Å²) in [5.74, 6) is 2.75. The molecule has 42 heavy (non-hydrogen) atoms. The Morgan fingerprint density at radius 2 is 1.24 bits per heavy atom. The standard InChI is InChI=1S/C39H26N2O/c1-2-36-40-32-19-10-20-35-39(32)41(36)33-23-25(21-22-34(33)42-35)37-28-14-5-7-16-30(28)38(31-17-8-6-15-29(31)37)27-18-9-12-24-11-3-4-13-26(24)27/h3-23H,2H2,1H3. The first-order chi connectivity index (χ1) is 20.8. The highest BCUT2D eigenvalue weighted by Crippen LogP contribution is 2.48. The number of hydrogen-bond donors (Lipinski definition) is 0. The van der Waals surface area contributed by atoms with Gasteiger partial charge in [0.15, 0.2) is 11.5 Å². The molecule has 0 radical (unpaired) electrons. The van der Waals surface area contributed by atoms with Crippen molar-refractivity contribution in [2.45, 2.75) is 13.3 Å². The first-order valence-corrected chi connectivity index (χ1v) is 14.5. The highest BCUT2D eigenvalue weighted by atomic mass is 16.5. The fraction of sp³-hybridized carbons (Fsp3) is 0.0513. The van der Waals surface area contributed by atoms with Crippen LogP contribution in [0.15, 0.2) is 127 Å². The van der Waals surface area contributed by atoms with E-state index in [9.17, 15) is 0 Å². The molecule has 1 aromatic heterocycles. The summed E-state index contributed by atoms with van der Waals surface area (Å²) in [5, 5.41) is 7.50. The van der Waals surface area contributed by atoms with Crippen LogP contribution in [0, 0.1) is 0 Å². The summed E-state index contributed by atoms with van der Waals surface area (Å²) in [5.41, 5.74) is 7.99. The highest BCUT2D eigenvalue weighted by Gasteiger charge is 2.25. The molecule has 0 aliphatic carbocycles. The van der Waals surface area contributed by atoms with Gasteiger partial charge in [-0.25, -0.2) is 4.98 Å². The van der Waals surface area contributed by atoms with Gasteiger partial charge in [0.2, 0.25) is 0 Å². The van der Waals surface area contributed by atoms with Gasteiger partial charge in [-0.3, -0.25) is 4.57 Å². The molecule has 198 valence electrons. The fourth-order valence-corrected chi connectivity index (χ4v) is 6.95. The molecule has 0 fully saturated rings. The third-order valence-electron chi connectivity index (χ3n) is 8.72. The Kier molecular flexibility index (Phi) is 4.88. The molecule has 0 amide bonds. The number of para-hydroxylation sites is 1. The molecule has 0 unspecified atom stereocenters. The molecule has 0 saturated carbocycles. The number of hydrogen-bond acceptors (Lipinski definition) is 2. The predicted octanol–water partition coefficient (Wildman–Crippen LogP) is 10.5. The Morgan fingerprint density at radius 3 is 1.98 bits per heavy atom. The molecule has 0 N–H and O–H groups in total. The van der Waals surface area contributed by atoms with Crippen LogP contribution in [0.2, 0.25) is 0 Å². The van der Waals surface area contributed by atoms with E-state index in [0.29, 0.717) is 0 Å². The molecule has 3 nitrogen and oxygen atoms in total. The molecule has 0 atom stereocenters. The first kappa shape index (κ1) is 23.3. The Hall–Kier alpha value is -5.41. The zero-order valence-electron chi connectivity index (χ0n) is 23.1. The molecule has 0 spiro atoms. The summed E-state index contributed by atoms with van der Waals surface area (Å²) in [4.78, 5) is 4.96. The van der Waals surface area contributed by atoms with Crippen LogP contribution in [-0.4, -0.2) is 9.55 Å². The van der Waals surface area contributed by atoms with Crippen LogP contribution in [0.5, 0.6) is 11.5 Å². The number of aromatic nitrogens is 2. The van der Waals surface area contributed by atoms with Crippen molar-refractivity contribution < 1.29 is 4.74 Å². The summed E-state index contributed by atoms with van der Waals surface area (Å²) in [6.45, 7) is 2.16. The summed E-state index contributed by atoms with van der Waals surface area (Å²) in [7, 11) is 0. The van der Waals surface area contributed by atoms with Gasteiger partial charge < -0.3 is 4.74 Å². The van der Waals surface area contributed by atoms with Crippen LogP contribution in [0.1, 0.15) is 12.7 Å². The van der Waals surface area contributed by atoms with Gasteiger partial charge in [0, 0.05) is 6.42 Å². The lowest BCUT2D eigenvalue weighted by Gasteiger charge is -2.23. The minimum absolute atomic E-state index is 0.837. The Bertz CT molecular complexity index is 2320. The van der Waals surface area contributed by atoms with Gasteiger partial charge in [-0.1, -0.05) is 110 Å². The van der Waals surface area contributed by atoms with Crippen LogP contribution in [0.4, 0.5) is 0 Å². The minimum atomic E-state index is 0.837. The zero-order valence-corrected chi connectivity index (χ0v) is 23.1. The Balaban J connectivity index is 1.37. The second-order valence-corrected chi connectivity index (χ2v) is 11.0. The van der Waals surface area contributed by atoms with Crippen LogP contribution in [0.25, 0.3) is 71.3 Å². The molecule has 3 heteroatoms. The van der Waals surface area contributed by atoms with E-state index in [2.05, 4.69) is 127 Å². The van der Waals surface area contributed by atoms with E-state index in [0.717, 1.165) is 46.0 Å². The van der Waals surface area contributed by atoms with Gasteiger partial charge in [-0.15, -0.1) is 0 Å². The van der Waals surface area contributed by atoms with E-state index < -0.39 is 0 Å². The summed E-state index contributed by atoms with van der Waals surface area (Å²) in [6.07, 6.45) is 0.837. The predicted molar refractivity (Wildman–Crippen MR) is 174 cm³/mol. The third kappa shape index (κ3) is 3.19. The van der Waals surface area contributed by atoms with Crippen molar-refractivity contribution in [1.82, 2.24) is 9.55 Å². The van der Waals surface area contributed by atoms with E-state index in [4.69, 9.17) is 9.72 Å². The number of nitrogens with zero attached hydrogens (tertiary/aromatic N) is 2. The number of benzene rings is 7. The number of ether oxygens (including phenoxy) is 1. The van der Waals surface area contributed by atoms with Crippen molar-refractivity contribution in [3.63, 3.8) is 0 Å². The molecular weight excluding hydrogens is 512 g/mol. The fourth-order valence-electron chi connectivity index (χ4n) is 6.95. The molecule has 8 aromatic rings. The van der Waals surface area contributed by atoms with Gasteiger partial charge >= 0.3 is 0 Å². The second-order valence-electron chi connectivity index (χ2n) is 11.0. The maximum absolute atomic E-state index is 6.43.